The maximum absolute atomic E-state index is 11.6. The first-order chi connectivity index (χ1) is 8.61. The third-order valence-electron chi connectivity index (χ3n) is 3.66. The summed E-state index contributed by atoms with van der Waals surface area (Å²) in [6.45, 7) is 5.47. The van der Waals surface area contributed by atoms with Crippen LogP contribution in [0, 0.1) is 5.92 Å². The summed E-state index contributed by atoms with van der Waals surface area (Å²) in [6.07, 6.45) is 5.99. The summed E-state index contributed by atoms with van der Waals surface area (Å²) in [4.78, 5) is 11.6. The number of hydrogen-bond donors (Lipinski definition) is 3. The molecule has 1 amide bonds. The molecule has 0 bridgehead atoms. The molecular formula is C14H28N2O2. The van der Waals surface area contributed by atoms with Crippen LogP contribution < -0.4 is 10.6 Å². The number of carbonyl (C=O) groups is 1. The lowest BCUT2D eigenvalue weighted by Gasteiger charge is -2.25. The highest BCUT2D eigenvalue weighted by Gasteiger charge is 2.19. The predicted molar refractivity (Wildman–Crippen MR) is 73.3 cm³/mol. The fraction of sp³-hybridized carbons (Fsp3) is 0.929. The molecule has 0 radical (unpaired) electrons. The second-order valence-electron chi connectivity index (χ2n) is 5.56. The monoisotopic (exact) mass is 256 g/mol. The Hall–Kier alpha value is -0.610. The third kappa shape index (κ3) is 6.36. The molecule has 0 aromatic heterocycles. The van der Waals surface area contributed by atoms with Crippen LogP contribution in [0.2, 0.25) is 0 Å². The van der Waals surface area contributed by atoms with Gasteiger partial charge in [-0.25, -0.2) is 0 Å². The van der Waals surface area contributed by atoms with Crippen LogP contribution in [-0.2, 0) is 4.79 Å². The van der Waals surface area contributed by atoms with Crippen LogP contribution in [0.4, 0.5) is 0 Å². The van der Waals surface area contributed by atoms with Gasteiger partial charge in [0, 0.05) is 6.04 Å². The van der Waals surface area contributed by atoms with Crippen LogP contribution in [-0.4, -0.2) is 36.2 Å². The van der Waals surface area contributed by atoms with E-state index in [0.29, 0.717) is 12.5 Å². The maximum Gasteiger partial charge on any atom is 0.234 e. The molecule has 18 heavy (non-hydrogen) atoms. The third-order valence-corrected chi connectivity index (χ3v) is 3.66. The molecule has 0 aliphatic heterocycles. The lowest BCUT2D eigenvalue weighted by atomic mass is 9.87. The zero-order valence-corrected chi connectivity index (χ0v) is 11.7. The SMILES string of the molecule is CCCC(C)NC(=O)CNCC1CCC(O)CC1. The zero-order valence-electron chi connectivity index (χ0n) is 11.7. The van der Waals surface area contributed by atoms with Gasteiger partial charge < -0.3 is 15.7 Å². The minimum Gasteiger partial charge on any atom is -0.393 e. The minimum atomic E-state index is -0.0977. The summed E-state index contributed by atoms with van der Waals surface area (Å²) in [5.74, 6) is 0.709. The first-order valence-electron chi connectivity index (χ1n) is 7.30. The number of rotatable bonds is 7. The van der Waals surface area contributed by atoms with Gasteiger partial charge in [0.2, 0.25) is 5.91 Å². The van der Waals surface area contributed by atoms with Gasteiger partial charge in [-0.15, -0.1) is 0 Å². The first-order valence-corrected chi connectivity index (χ1v) is 7.30. The maximum atomic E-state index is 11.6. The number of hydrogen-bond acceptors (Lipinski definition) is 3. The number of aliphatic hydroxyl groups is 1. The summed E-state index contributed by atoms with van der Waals surface area (Å²) in [6, 6.07) is 0.272. The van der Waals surface area contributed by atoms with Gasteiger partial charge in [-0.3, -0.25) is 4.79 Å². The van der Waals surface area contributed by atoms with Gasteiger partial charge in [0.15, 0.2) is 0 Å². The van der Waals surface area contributed by atoms with E-state index in [-0.39, 0.29) is 18.1 Å². The van der Waals surface area contributed by atoms with Crippen molar-refractivity contribution in [3.05, 3.63) is 0 Å². The van der Waals surface area contributed by atoms with Crippen LogP contribution in [0.25, 0.3) is 0 Å². The van der Waals surface area contributed by atoms with E-state index in [4.69, 9.17) is 0 Å². The molecule has 1 aliphatic carbocycles. The highest BCUT2D eigenvalue weighted by atomic mass is 16.3. The lowest BCUT2D eigenvalue weighted by Crippen LogP contribution is -2.40. The van der Waals surface area contributed by atoms with E-state index >= 15 is 0 Å². The number of amides is 1. The molecule has 3 N–H and O–H groups in total. The van der Waals surface area contributed by atoms with Crippen molar-refractivity contribution in [3.63, 3.8) is 0 Å². The quantitative estimate of drug-likeness (QED) is 0.646. The van der Waals surface area contributed by atoms with Crippen molar-refractivity contribution < 1.29 is 9.90 Å². The van der Waals surface area contributed by atoms with Crippen molar-refractivity contribution in [1.82, 2.24) is 10.6 Å². The molecule has 1 fully saturated rings. The van der Waals surface area contributed by atoms with E-state index in [0.717, 1.165) is 45.1 Å². The van der Waals surface area contributed by atoms with Crippen molar-refractivity contribution in [1.29, 1.82) is 0 Å². The summed E-state index contributed by atoms with van der Waals surface area (Å²) in [7, 11) is 0. The Morgan fingerprint density at radius 2 is 2.00 bits per heavy atom. The molecular weight excluding hydrogens is 228 g/mol. The van der Waals surface area contributed by atoms with E-state index in [1.54, 1.807) is 0 Å². The summed E-state index contributed by atoms with van der Waals surface area (Å²) < 4.78 is 0. The van der Waals surface area contributed by atoms with Crippen molar-refractivity contribution in [2.24, 2.45) is 5.92 Å². The Morgan fingerprint density at radius 3 is 2.61 bits per heavy atom. The van der Waals surface area contributed by atoms with Gasteiger partial charge in [-0.1, -0.05) is 13.3 Å². The Kier molecular flexibility index (Phi) is 7.28. The minimum absolute atomic E-state index is 0.0896. The molecule has 0 aromatic carbocycles. The molecule has 4 nitrogen and oxygen atoms in total. The average molecular weight is 256 g/mol. The highest BCUT2D eigenvalue weighted by molar-refractivity contribution is 5.78. The molecule has 4 heteroatoms. The molecule has 0 aromatic rings. The molecule has 1 atom stereocenters. The van der Waals surface area contributed by atoms with Crippen molar-refractivity contribution in [3.8, 4) is 0 Å². The van der Waals surface area contributed by atoms with Gasteiger partial charge in [-0.2, -0.15) is 0 Å². The number of carbonyl (C=O) groups excluding carboxylic acids is 1. The number of nitrogens with one attached hydrogen (secondary N) is 2. The molecule has 1 saturated carbocycles. The van der Waals surface area contributed by atoms with Gasteiger partial charge >= 0.3 is 0 Å². The number of aliphatic hydroxyl groups excluding tert-OH is 1. The van der Waals surface area contributed by atoms with Crippen LogP contribution >= 0.6 is 0 Å². The van der Waals surface area contributed by atoms with Crippen molar-refractivity contribution in [2.75, 3.05) is 13.1 Å². The summed E-state index contributed by atoms with van der Waals surface area (Å²) in [5.41, 5.74) is 0. The van der Waals surface area contributed by atoms with Crippen molar-refractivity contribution >= 4 is 5.91 Å². The lowest BCUT2D eigenvalue weighted by molar-refractivity contribution is -0.120. The van der Waals surface area contributed by atoms with Gasteiger partial charge in [0.05, 0.1) is 12.6 Å². The standard InChI is InChI=1S/C14H28N2O2/c1-3-4-11(2)16-14(18)10-15-9-12-5-7-13(17)8-6-12/h11-13,15,17H,3-10H2,1-2H3,(H,16,18). The van der Waals surface area contributed by atoms with Gasteiger partial charge in [0.25, 0.3) is 0 Å². The first kappa shape index (κ1) is 15.4. The zero-order chi connectivity index (χ0) is 13.4. The molecule has 0 heterocycles. The Balaban J connectivity index is 2.04. The van der Waals surface area contributed by atoms with E-state index < -0.39 is 0 Å². The molecule has 1 unspecified atom stereocenters. The largest absolute Gasteiger partial charge is 0.393 e. The predicted octanol–water partition coefficient (Wildman–Crippen LogP) is 1.43. The van der Waals surface area contributed by atoms with E-state index in [2.05, 4.69) is 17.6 Å². The van der Waals surface area contributed by atoms with Crippen molar-refractivity contribution in [2.45, 2.75) is 64.5 Å². The highest BCUT2D eigenvalue weighted by Crippen LogP contribution is 2.23. The van der Waals surface area contributed by atoms with E-state index in [1.807, 2.05) is 6.92 Å². The second kappa shape index (κ2) is 8.48. The second-order valence-corrected chi connectivity index (χ2v) is 5.56. The molecule has 106 valence electrons. The Labute approximate surface area is 111 Å². The topological polar surface area (TPSA) is 61.4 Å². The average Bonchev–Trinajstić information content (AvgIpc) is 2.32. The normalized spacial score (nSPS) is 25.7. The van der Waals surface area contributed by atoms with Crippen LogP contribution in [0.5, 0.6) is 0 Å². The van der Waals surface area contributed by atoms with Crippen LogP contribution in [0.1, 0.15) is 52.4 Å². The smallest absolute Gasteiger partial charge is 0.234 e. The van der Waals surface area contributed by atoms with Gasteiger partial charge in [0.1, 0.15) is 0 Å². The van der Waals surface area contributed by atoms with Crippen LogP contribution in [0.15, 0.2) is 0 Å². The fourth-order valence-corrected chi connectivity index (χ4v) is 2.57. The summed E-state index contributed by atoms with van der Waals surface area (Å²) >= 11 is 0. The molecule has 0 spiro atoms. The Bertz CT molecular complexity index is 238. The van der Waals surface area contributed by atoms with Crippen LogP contribution in [0.3, 0.4) is 0 Å². The summed E-state index contributed by atoms with van der Waals surface area (Å²) in [5, 5.41) is 15.6. The van der Waals surface area contributed by atoms with E-state index in [1.165, 1.54) is 0 Å². The Morgan fingerprint density at radius 1 is 1.33 bits per heavy atom. The molecule has 1 rings (SSSR count). The fourth-order valence-electron chi connectivity index (χ4n) is 2.57. The van der Waals surface area contributed by atoms with Gasteiger partial charge in [-0.05, 0) is 51.5 Å². The molecule has 1 aliphatic rings. The van der Waals surface area contributed by atoms with E-state index in [9.17, 15) is 9.90 Å². The molecule has 0 saturated heterocycles.